The lowest BCUT2D eigenvalue weighted by atomic mass is 9.52. The largest absolute Gasteiger partial charge is 0.505 e. The lowest BCUT2D eigenvalue weighted by molar-refractivity contribution is -0.181. The SMILES string of the molecule is C=CCC(Br)C(=O)Nc1c(Cl)cc2c(c1O)C(=O)C1C(=O)[C@]3(O)C(=O)C(C(N)=O)C(=O)[C@@H](N(C)C)C3CC1C2. The molecular formula is C26H27BrClN3O8. The normalized spacial score (nSPS) is 30.8. The highest BCUT2D eigenvalue weighted by Gasteiger charge is 2.69. The first-order valence-electron chi connectivity index (χ1n) is 12.1. The quantitative estimate of drug-likeness (QED) is 0.154. The molecule has 2 fully saturated rings. The number of alkyl halides is 1. The molecule has 0 bridgehead atoms. The Bertz CT molecular complexity index is 1350. The summed E-state index contributed by atoms with van der Waals surface area (Å²) in [5, 5.41) is 25.1. The summed E-state index contributed by atoms with van der Waals surface area (Å²) in [6.07, 6.45) is 1.76. The number of nitrogens with zero attached hydrogens (tertiary/aromatic N) is 1. The van der Waals surface area contributed by atoms with Crippen molar-refractivity contribution in [2.24, 2.45) is 29.4 Å². The van der Waals surface area contributed by atoms with Crippen molar-refractivity contribution in [2.45, 2.75) is 35.7 Å². The molecule has 11 nitrogen and oxygen atoms in total. The fourth-order valence-corrected chi connectivity index (χ4v) is 6.85. The van der Waals surface area contributed by atoms with Crippen LogP contribution in [-0.2, 0) is 30.4 Å². The summed E-state index contributed by atoms with van der Waals surface area (Å²) in [7, 11) is 3.02. The second-order valence-electron chi connectivity index (χ2n) is 10.4. The smallest absolute Gasteiger partial charge is 0.238 e. The van der Waals surface area contributed by atoms with Gasteiger partial charge in [-0.05, 0) is 50.9 Å². The van der Waals surface area contributed by atoms with Crippen LogP contribution in [0.2, 0.25) is 5.02 Å². The summed E-state index contributed by atoms with van der Waals surface area (Å²) < 4.78 is 0. The predicted octanol–water partition coefficient (Wildman–Crippen LogP) is 0.798. The number of primary amides is 1. The number of amides is 2. The Morgan fingerprint density at radius 1 is 1.31 bits per heavy atom. The maximum absolute atomic E-state index is 13.8. The number of ketones is 4. The molecule has 0 spiro atoms. The zero-order valence-corrected chi connectivity index (χ0v) is 23.4. The number of likely N-dealkylation sites (N-methyl/N-ethyl adjacent to an activating group) is 1. The van der Waals surface area contributed by atoms with Crippen molar-refractivity contribution in [3.8, 4) is 5.75 Å². The Morgan fingerprint density at radius 3 is 2.51 bits per heavy atom. The number of anilines is 1. The Balaban J connectivity index is 1.80. The molecule has 1 aromatic rings. The van der Waals surface area contributed by atoms with Crippen LogP contribution < -0.4 is 11.1 Å². The molecule has 0 aromatic heterocycles. The fraction of sp³-hybridized carbons (Fsp3) is 0.462. The maximum atomic E-state index is 13.8. The number of phenolic OH excluding ortho intramolecular Hbond substituents is 1. The van der Waals surface area contributed by atoms with Crippen LogP contribution in [0, 0.1) is 23.7 Å². The van der Waals surface area contributed by atoms with Gasteiger partial charge < -0.3 is 21.3 Å². The van der Waals surface area contributed by atoms with E-state index in [1.807, 2.05) is 0 Å². The summed E-state index contributed by atoms with van der Waals surface area (Å²) in [6, 6.07) is 0.223. The van der Waals surface area contributed by atoms with Crippen LogP contribution in [0.4, 0.5) is 5.69 Å². The minimum atomic E-state index is -2.82. The van der Waals surface area contributed by atoms with Crippen molar-refractivity contribution in [1.82, 2.24) is 4.90 Å². The van der Waals surface area contributed by atoms with Gasteiger partial charge >= 0.3 is 0 Å². The standard InChI is InChI=1S/C26H27BrClN3O8/c1-4-5-12(27)25(38)30-17-13(28)8-10-6-9-7-11-18(31(2)3)21(34)16(24(29)37)23(36)26(11,39)22(35)15(9)19(32)14(10)20(17)33/h4,8-9,11-12,15-16,18,33,39H,1,5-7H2,2-3H3,(H2,29,37)(H,30,38)/t9?,11?,12?,15?,16?,18-,26-/m0/s1. The van der Waals surface area contributed by atoms with E-state index in [4.69, 9.17) is 17.3 Å². The number of nitrogens with two attached hydrogens (primary N) is 1. The summed E-state index contributed by atoms with van der Waals surface area (Å²) >= 11 is 9.55. The van der Waals surface area contributed by atoms with Crippen LogP contribution in [0.3, 0.4) is 0 Å². The number of hydrogen-bond acceptors (Lipinski definition) is 9. The number of phenols is 1. The molecule has 0 aliphatic heterocycles. The lowest BCUT2D eigenvalue weighted by Gasteiger charge is -2.52. The number of carbonyl (C=O) groups is 6. The van der Waals surface area contributed by atoms with Crippen LogP contribution in [0.25, 0.3) is 0 Å². The fourth-order valence-electron chi connectivity index (χ4n) is 6.20. The summed E-state index contributed by atoms with van der Waals surface area (Å²) in [4.78, 5) is 79.2. The van der Waals surface area contributed by atoms with Crippen molar-refractivity contribution in [1.29, 1.82) is 0 Å². The number of carbonyl (C=O) groups excluding carboxylic acids is 6. The monoisotopic (exact) mass is 623 g/mol. The van der Waals surface area contributed by atoms with Gasteiger partial charge in [-0.3, -0.25) is 33.7 Å². The molecule has 2 saturated carbocycles. The minimum Gasteiger partial charge on any atom is -0.505 e. The number of allylic oxidation sites excluding steroid dienone is 1. The van der Waals surface area contributed by atoms with Gasteiger partial charge in [0.2, 0.25) is 11.8 Å². The average molecular weight is 625 g/mol. The van der Waals surface area contributed by atoms with E-state index < -0.39 is 80.8 Å². The molecule has 4 rings (SSSR count). The maximum Gasteiger partial charge on any atom is 0.238 e. The third-order valence-corrected chi connectivity index (χ3v) is 9.00. The van der Waals surface area contributed by atoms with E-state index in [1.165, 1.54) is 31.1 Å². The minimum absolute atomic E-state index is 0.0405. The zero-order valence-electron chi connectivity index (χ0n) is 21.1. The molecule has 0 radical (unpaired) electrons. The van der Waals surface area contributed by atoms with Crippen molar-refractivity contribution < 1.29 is 39.0 Å². The number of aromatic hydroxyl groups is 1. The molecule has 13 heteroatoms. The Labute approximate surface area is 236 Å². The molecule has 0 heterocycles. The molecule has 5 unspecified atom stereocenters. The second kappa shape index (κ2) is 10.2. The van der Waals surface area contributed by atoms with Crippen LogP contribution in [0.15, 0.2) is 18.7 Å². The van der Waals surface area contributed by atoms with Gasteiger partial charge in [-0.2, -0.15) is 0 Å². The summed E-state index contributed by atoms with van der Waals surface area (Å²) in [5.74, 6) is -12.3. The van der Waals surface area contributed by atoms with E-state index >= 15 is 0 Å². The molecular weight excluding hydrogens is 598 g/mol. The van der Waals surface area contributed by atoms with Crippen LogP contribution >= 0.6 is 27.5 Å². The van der Waals surface area contributed by atoms with Gasteiger partial charge in [-0.25, -0.2) is 0 Å². The van der Waals surface area contributed by atoms with E-state index in [9.17, 15) is 39.0 Å². The number of halogens is 2. The summed E-state index contributed by atoms with van der Waals surface area (Å²) in [5.41, 5.74) is 2.31. The van der Waals surface area contributed by atoms with E-state index in [0.717, 1.165) is 0 Å². The van der Waals surface area contributed by atoms with Gasteiger partial charge in [0.25, 0.3) is 0 Å². The Morgan fingerprint density at radius 2 is 1.95 bits per heavy atom. The molecule has 2 amide bonds. The Hall–Kier alpha value is -2.93. The van der Waals surface area contributed by atoms with Gasteiger partial charge in [0.05, 0.1) is 27.4 Å². The highest BCUT2D eigenvalue weighted by molar-refractivity contribution is 9.10. The van der Waals surface area contributed by atoms with E-state index in [-0.39, 0.29) is 35.5 Å². The second-order valence-corrected chi connectivity index (χ2v) is 11.9. The van der Waals surface area contributed by atoms with Crippen molar-refractivity contribution in [2.75, 3.05) is 19.4 Å². The highest BCUT2D eigenvalue weighted by Crippen LogP contribution is 2.52. The van der Waals surface area contributed by atoms with Gasteiger partial charge in [0.1, 0.15) is 5.69 Å². The number of fused-ring (bicyclic) bond motifs is 3. The summed E-state index contributed by atoms with van der Waals surface area (Å²) in [6.45, 7) is 3.56. The number of benzene rings is 1. The molecule has 39 heavy (non-hydrogen) atoms. The molecule has 0 saturated heterocycles. The number of nitrogens with one attached hydrogen (secondary N) is 1. The molecule has 5 N–H and O–H groups in total. The van der Waals surface area contributed by atoms with Gasteiger partial charge in [0.15, 0.2) is 40.4 Å². The third-order valence-electron chi connectivity index (χ3n) is 7.91. The third kappa shape index (κ3) is 4.33. The number of Topliss-reactive ketones (excluding diaryl/α,β-unsaturated/α-hetero) is 4. The number of aliphatic hydroxyl groups is 1. The molecule has 3 aliphatic rings. The van der Waals surface area contributed by atoms with Crippen molar-refractivity contribution >= 4 is 68.2 Å². The Kier molecular flexibility index (Phi) is 7.63. The molecule has 3 aliphatic carbocycles. The van der Waals surface area contributed by atoms with Gasteiger partial charge in [-0.1, -0.05) is 33.6 Å². The topological polar surface area (TPSA) is 184 Å². The van der Waals surface area contributed by atoms with Crippen LogP contribution in [-0.4, -0.2) is 80.6 Å². The van der Waals surface area contributed by atoms with E-state index in [2.05, 4.69) is 27.8 Å². The number of hydrogen-bond donors (Lipinski definition) is 4. The van der Waals surface area contributed by atoms with Gasteiger partial charge in [0, 0.05) is 5.92 Å². The number of rotatable bonds is 6. The van der Waals surface area contributed by atoms with E-state index in [0.29, 0.717) is 5.56 Å². The lowest BCUT2D eigenvalue weighted by Crippen LogP contribution is -2.74. The predicted molar refractivity (Wildman–Crippen MR) is 143 cm³/mol. The van der Waals surface area contributed by atoms with Crippen molar-refractivity contribution in [3.05, 3.63) is 34.9 Å². The zero-order chi connectivity index (χ0) is 29.1. The van der Waals surface area contributed by atoms with Crippen molar-refractivity contribution in [3.63, 3.8) is 0 Å². The molecule has 7 atom stereocenters. The first-order valence-corrected chi connectivity index (χ1v) is 13.4. The van der Waals surface area contributed by atoms with E-state index in [1.54, 1.807) is 0 Å². The van der Waals surface area contributed by atoms with Gasteiger partial charge in [-0.15, -0.1) is 6.58 Å². The molecule has 208 valence electrons. The highest BCUT2D eigenvalue weighted by atomic mass is 79.9. The first kappa shape index (κ1) is 29.1. The van der Waals surface area contributed by atoms with Crippen LogP contribution in [0.5, 0.6) is 5.75 Å². The first-order chi connectivity index (χ1) is 18.2. The average Bonchev–Trinajstić information content (AvgIpc) is 2.83. The van der Waals surface area contributed by atoms with Crippen LogP contribution in [0.1, 0.15) is 28.8 Å². The molecule has 1 aromatic carbocycles.